The smallest absolute Gasteiger partial charge is 0.152 e. The summed E-state index contributed by atoms with van der Waals surface area (Å²) in [7, 11) is 0. The highest BCUT2D eigenvalue weighted by Gasteiger charge is 2.64. The number of hydrogen-bond acceptors (Lipinski definition) is 4. The number of benzene rings is 1. The minimum atomic E-state index is -1.76. The Morgan fingerprint density at radius 3 is 2.30 bits per heavy atom. The van der Waals surface area contributed by atoms with Gasteiger partial charge in [-0.1, -0.05) is 39.7 Å². The molecule has 3 aliphatic rings. The van der Waals surface area contributed by atoms with Gasteiger partial charge in [-0.3, -0.25) is 0 Å². The minimum Gasteiger partial charge on any atom is -0.512 e. The fourth-order valence-electron chi connectivity index (χ4n) is 6.32. The number of phenolic OH excluding ortho intramolecular Hbond substituents is 1. The van der Waals surface area contributed by atoms with Crippen LogP contribution in [0.25, 0.3) is 5.57 Å². The zero-order valence-corrected chi connectivity index (χ0v) is 18.2. The number of aliphatic hydroxyl groups excluding tert-OH is 2. The first-order chi connectivity index (χ1) is 13.8. The minimum absolute atomic E-state index is 0.117. The molecule has 30 heavy (non-hydrogen) atoms. The molecule has 0 radical (unpaired) electrons. The van der Waals surface area contributed by atoms with Crippen molar-refractivity contribution < 1.29 is 20.4 Å². The van der Waals surface area contributed by atoms with Gasteiger partial charge in [0.05, 0.1) is 0 Å². The fourth-order valence-corrected chi connectivity index (χ4v) is 6.32. The zero-order chi connectivity index (χ0) is 22.4. The van der Waals surface area contributed by atoms with Crippen LogP contribution in [0.1, 0.15) is 50.3 Å². The van der Waals surface area contributed by atoms with E-state index in [1.165, 1.54) is 0 Å². The molecule has 0 amide bonds. The molecule has 0 aliphatic heterocycles. The van der Waals surface area contributed by atoms with Gasteiger partial charge in [0.2, 0.25) is 0 Å². The molecular formula is C26H30O4. The van der Waals surface area contributed by atoms with E-state index < -0.39 is 16.4 Å². The van der Waals surface area contributed by atoms with Crippen molar-refractivity contribution in [3.05, 3.63) is 82.4 Å². The SMILES string of the molecule is C=C(C)C1=C(O)C[C@@]2(C)C[C@@]3(C)Cc4c(C)ccc(O)c4C(=C)C3=C(O)[C@@]2(O)C1=C. The number of fused-ring (bicyclic) bond motifs is 3. The molecule has 0 saturated carbocycles. The van der Waals surface area contributed by atoms with Crippen LogP contribution in [0, 0.1) is 17.8 Å². The highest BCUT2D eigenvalue weighted by molar-refractivity contribution is 5.88. The maximum Gasteiger partial charge on any atom is 0.152 e. The van der Waals surface area contributed by atoms with Gasteiger partial charge < -0.3 is 20.4 Å². The van der Waals surface area contributed by atoms with E-state index in [-0.39, 0.29) is 29.3 Å². The molecule has 0 unspecified atom stereocenters. The van der Waals surface area contributed by atoms with Crippen molar-refractivity contribution in [2.75, 3.05) is 0 Å². The number of aryl methyl sites for hydroxylation is 1. The van der Waals surface area contributed by atoms with Gasteiger partial charge in [-0.05, 0) is 60.6 Å². The van der Waals surface area contributed by atoms with E-state index in [4.69, 9.17) is 0 Å². The Hall–Kier alpha value is -2.72. The standard InChI is InChI=1S/C26H30O4/c1-13(2)20-16(5)26(30)23(29)22-15(4)21-17(14(3)8-9-18(21)27)10-24(22,6)12-25(26,7)11-19(20)28/h8-9,27-30H,1,4-5,10-12H2,2-3,6-7H3/t24-,25+,26+/m1/s1. The summed E-state index contributed by atoms with van der Waals surface area (Å²) in [4.78, 5) is 0. The van der Waals surface area contributed by atoms with Crippen LogP contribution < -0.4 is 0 Å². The van der Waals surface area contributed by atoms with Gasteiger partial charge in [0.1, 0.15) is 17.3 Å². The van der Waals surface area contributed by atoms with Crippen LogP contribution >= 0.6 is 0 Å². The Morgan fingerprint density at radius 1 is 1.07 bits per heavy atom. The number of hydrogen-bond donors (Lipinski definition) is 4. The Kier molecular flexibility index (Phi) is 4.05. The van der Waals surface area contributed by atoms with Crippen LogP contribution in [0.3, 0.4) is 0 Å². The summed E-state index contributed by atoms with van der Waals surface area (Å²) < 4.78 is 0. The molecule has 1 aromatic carbocycles. The highest BCUT2D eigenvalue weighted by atomic mass is 16.3. The van der Waals surface area contributed by atoms with Gasteiger partial charge in [-0.25, -0.2) is 0 Å². The Labute approximate surface area is 177 Å². The highest BCUT2D eigenvalue weighted by Crippen LogP contribution is 2.66. The van der Waals surface area contributed by atoms with Gasteiger partial charge in [0.15, 0.2) is 5.60 Å². The van der Waals surface area contributed by atoms with Crippen LogP contribution in [-0.4, -0.2) is 26.0 Å². The summed E-state index contributed by atoms with van der Waals surface area (Å²) in [5.41, 5.74) is 1.86. The van der Waals surface area contributed by atoms with Crippen molar-refractivity contribution in [3.63, 3.8) is 0 Å². The average molecular weight is 407 g/mol. The number of phenols is 1. The number of rotatable bonds is 1. The van der Waals surface area contributed by atoms with Crippen molar-refractivity contribution in [1.29, 1.82) is 0 Å². The van der Waals surface area contributed by atoms with Crippen LogP contribution in [0.4, 0.5) is 0 Å². The molecule has 4 nitrogen and oxygen atoms in total. The molecule has 0 bridgehead atoms. The zero-order valence-electron chi connectivity index (χ0n) is 18.2. The lowest BCUT2D eigenvalue weighted by Gasteiger charge is -2.58. The van der Waals surface area contributed by atoms with Gasteiger partial charge in [0.25, 0.3) is 0 Å². The van der Waals surface area contributed by atoms with Crippen molar-refractivity contribution in [3.8, 4) is 5.75 Å². The molecule has 4 N–H and O–H groups in total. The van der Waals surface area contributed by atoms with E-state index in [1.807, 2.05) is 19.9 Å². The normalized spacial score (nSPS) is 33.2. The molecule has 0 fully saturated rings. The summed E-state index contributed by atoms with van der Waals surface area (Å²) in [6.45, 7) is 19.9. The van der Waals surface area contributed by atoms with Crippen LogP contribution in [0.5, 0.6) is 5.75 Å². The predicted molar refractivity (Wildman–Crippen MR) is 119 cm³/mol. The van der Waals surface area contributed by atoms with E-state index in [0.717, 1.165) is 11.1 Å². The number of aliphatic hydroxyl groups is 3. The second-order valence-electron chi connectivity index (χ2n) is 9.90. The Balaban J connectivity index is 2.03. The second-order valence-corrected chi connectivity index (χ2v) is 9.90. The van der Waals surface area contributed by atoms with Gasteiger partial charge in [-0.2, -0.15) is 0 Å². The van der Waals surface area contributed by atoms with E-state index in [2.05, 4.69) is 26.7 Å². The lowest BCUT2D eigenvalue weighted by atomic mass is 9.47. The lowest BCUT2D eigenvalue weighted by Crippen LogP contribution is -2.59. The summed E-state index contributed by atoms with van der Waals surface area (Å²) >= 11 is 0. The quantitative estimate of drug-likeness (QED) is 0.491. The first-order valence-corrected chi connectivity index (χ1v) is 10.2. The summed E-state index contributed by atoms with van der Waals surface area (Å²) in [5.74, 6) is 0.0702. The van der Waals surface area contributed by atoms with Crippen molar-refractivity contribution in [2.24, 2.45) is 10.8 Å². The maximum atomic E-state index is 12.0. The molecule has 158 valence electrons. The topological polar surface area (TPSA) is 80.9 Å². The molecule has 4 heteroatoms. The third-order valence-electron chi connectivity index (χ3n) is 7.54. The van der Waals surface area contributed by atoms with Gasteiger partial charge >= 0.3 is 0 Å². The van der Waals surface area contributed by atoms with Gasteiger partial charge in [-0.15, -0.1) is 0 Å². The third-order valence-corrected chi connectivity index (χ3v) is 7.54. The largest absolute Gasteiger partial charge is 0.512 e. The molecule has 4 rings (SSSR count). The monoisotopic (exact) mass is 406 g/mol. The molecule has 3 atom stereocenters. The molecule has 0 spiro atoms. The van der Waals surface area contributed by atoms with E-state index in [1.54, 1.807) is 13.0 Å². The Morgan fingerprint density at radius 2 is 1.70 bits per heavy atom. The first kappa shape index (κ1) is 20.5. The molecule has 3 aliphatic carbocycles. The van der Waals surface area contributed by atoms with Crippen molar-refractivity contribution >= 4 is 5.57 Å². The maximum absolute atomic E-state index is 12.0. The second kappa shape index (κ2) is 5.92. The van der Waals surface area contributed by atoms with Crippen molar-refractivity contribution in [1.82, 2.24) is 0 Å². The summed E-state index contributed by atoms with van der Waals surface area (Å²) in [6, 6.07) is 3.52. The van der Waals surface area contributed by atoms with E-state index >= 15 is 0 Å². The van der Waals surface area contributed by atoms with Crippen molar-refractivity contribution in [2.45, 2.75) is 52.6 Å². The molecule has 0 saturated heterocycles. The van der Waals surface area contributed by atoms with E-state index in [0.29, 0.717) is 40.7 Å². The average Bonchev–Trinajstić information content (AvgIpc) is 2.60. The summed E-state index contributed by atoms with van der Waals surface area (Å²) in [6.07, 6.45) is 1.31. The predicted octanol–water partition coefficient (Wildman–Crippen LogP) is 5.58. The number of aromatic hydroxyl groups is 1. The first-order valence-electron chi connectivity index (χ1n) is 10.2. The molecule has 1 aromatic rings. The number of allylic oxidation sites excluding steroid dienone is 4. The van der Waals surface area contributed by atoms with Gasteiger partial charge in [0, 0.05) is 34.0 Å². The third kappa shape index (κ3) is 2.26. The lowest BCUT2D eigenvalue weighted by molar-refractivity contribution is -0.0866. The fraction of sp³-hybridized carbons (Fsp3) is 0.385. The molecular weight excluding hydrogens is 376 g/mol. The van der Waals surface area contributed by atoms with Crippen LogP contribution in [0.15, 0.2) is 65.7 Å². The van der Waals surface area contributed by atoms with Crippen LogP contribution in [-0.2, 0) is 6.42 Å². The van der Waals surface area contributed by atoms with E-state index in [9.17, 15) is 20.4 Å². The molecule has 0 aromatic heterocycles. The van der Waals surface area contributed by atoms with Crippen LogP contribution in [0.2, 0.25) is 0 Å². The Bertz CT molecular complexity index is 1120. The summed E-state index contributed by atoms with van der Waals surface area (Å²) in [5, 5.41) is 44.9. The molecule has 0 heterocycles.